The van der Waals surface area contributed by atoms with E-state index in [2.05, 4.69) is 20.9 Å². The zero-order valence-electron chi connectivity index (χ0n) is 12.6. The SMILES string of the molecule is CCc1nc2cccc(-c3cc(Cl)c(O)c(Br)c3)n2c1C(C)=O. The Morgan fingerprint density at radius 1 is 1.39 bits per heavy atom. The van der Waals surface area contributed by atoms with Crippen LogP contribution in [0.25, 0.3) is 16.9 Å². The van der Waals surface area contributed by atoms with Gasteiger partial charge >= 0.3 is 0 Å². The summed E-state index contributed by atoms with van der Waals surface area (Å²) in [6.07, 6.45) is 0.677. The number of benzene rings is 1. The summed E-state index contributed by atoms with van der Waals surface area (Å²) in [5, 5.41) is 10.1. The third-order valence-corrected chi connectivity index (χ3v) is 4.59. The maximum atomic E-state index is 12.1. The first-order chi connectivity index (χ1) is 10.9. The van der Waals surface area contributed by atoms with Crippen molar-refractivity contribution < 1.29 is 9.90 Å². The zero-order valence-corrected chi connectivity index (χ0v) is 14.9. The maximum Gasteiger partial charge on any atom is 0.178 e. The lowest BCUT2D eigenvalue weighted by molar-refractivity contribution is 0.101. The van der Waals surface area contributed by atoms with E-state index in [9.17, 15) is 9.90 Å². The molecule has 23 heavy (non-hydrogen) atoms. The number of aryl methyl sites for hydroxylation is 1. The number of carbonyl (C=O) groups excluding carboxylic acids is 1. The van der Waals surface area contributed by atoms with Crippen molar-refractivity contribution in [1.82, 2.24) is 9.38 Å². The van der Waals surface area contributed by atoms with E-state index in [1.54, 1.807) is 19.1 Å². The van der Waals surface area contributed by atoms with Gasteiger partial charge in [-0.2, -0.15) is 0 Å². The Hall–Kier alpha value is -1.85. The molecule has 118 valence electrons. The molecule has 1 N–H and O–H groups in total. The zero-order chi connectivity index (χ0) is 16.7. The molecule has 3 rings (SSSR count). The van der Waals surface area contributed by atoms with Gasteiger partial charge in [0, 0.05) is 12.5 Å². The van der Waals surface area contributed by atoms with Crippen LogP contribution in [0.5, 0.6) is 5.75 Å². The van der Waals surface area contributed by atoms with Gasteiger partial charge in [0.05, 0.1) is 20.9 Å². The van der Waals surface area contributed by atoms with Crippen LogP contribution in [0.15, 0.2) is 34.8 Å². The number of nitrogens with zero attached hydrogens (tertiary/aromatic N) is 2. The smallest absolute Gasteiger partial charge is 0.178 e. The standard InChI is InChI=1S/C17H14BrClN2O2/c1-3-13-16(9(2)22)21-14(5-4-6-15(21)20-13)10-7-11(18)17(23)12(19)8-10/h4-8,23H,3H2,1-2H3. The van der Waals surface area contributed by atoms with E-state index in [0.717, 1.165) is 17.0 Å². The van der Waals surface area contributed by atoms with Crippen LogP contribution in [-0.4, -0.2) is 20.3 Å². The predicted octanol–water partition coefficient (Wildman–Crippen LogP) is 4.89. The van der Waals surface area contributed by atoms with E-state index in [0.29, 0.717) is 22.2 Å². The molecule has 0 saturated heterocycles. The summed E-state index contributed by atoms with van der Waals surface area (Å²) < 4.78 is 2.34. The monoisotopic (exact) mass is 392 g/mol. The molecule has 0 spiro atoms. The van der Waals surface area contributed by atoms with Gasteiger partial charge < -0.3 is 5.11 Å². The Morgan fingerprint density at radius 2 is 2.13 bits per heavy atom. The van der Waals surface area contributed by atoms with Crippen LogP contribution < -0.4 is 0 Å². The Morgan fingerprint density at radius 3 is 2.74 bits per heavy atom. The topological polar surface area (TPSA) is 54.6 Å². The summed E-state index contributed by atoms with van der Waals surface area (Å²) in [5.41, 5.74) is 3.65. The number of hydrogen-bond acceptors (Lipinski definition) is 3. The molecule has 0 aliphatic rings. The highest BCUT2D eigenvalue weighted by Crippen LogP contribution is 2.37. The van der Waals surface area contributed by atoms with Gasteiger partial charge in [0.1, 0.15) is 17.1 Å². The number of pyridine rings is 1. The predicted molar refractivity (Wildman–Crippen MR) is 94.4 cm³/mol. The number of hydrogen-bond donors (Lipinski definition) is 1. The number of imidazole rings is 1. The largest absolute Gasteiger partial charge is 0.505 e. The average molecular weight is 394 g/mol. The van der Waals surface area contributed by atoms with Gasteiger partial charge in [-0.25, -0.2) is 4.98 Å². The number of fused-ring (bicyclic) bond motifs is 1. The number of ketones is 1. The van der Waals surface area contributed by atoms with Gasteiger partial charge in [-0.05, 0) is 46.6 Å². The highest BCUT2D eigenvalue weighted by molar-refractivity contribution is 9.10. The highest BCUT2D eigenvalue weighted by Gasteiger charge is 2.18. The lowest BCUT2D eigenvalue weighted by atomic mass is 10.1. The van der Waals surface area contributed by atoms with Gasteiger partial charge in [0.15, 0.2) is 5.78 Å². The van der Waals surface area contributed by atoms with Crippen LogP contribution >= 0.6 is 27.5 Å². The van der Waals surface area contributed by atoms with Crippen molar-refractivity contribution in [2.75, 3.05) is 0 Å². The van der Waals surface area contributed by atoms with Gasteiger partial charge in [-0.3, -0.25) is 9.20 Å². The summed E-state index contributed by atoms with van der Waals surface area (Å²) in [5.74, 6) is -0.0417. The van der Waals surface area contributed by atoms with Crippen LogP contribution in [0.2, 0.25) is 5.02 Å². The second-order valence-corrected chi connectivity index (χ2v) is 6.47. The molecular formula is C17H14BrClN2O2. The highest BCUT2D eigenvalue weighted by atomic mass is 79.9. The number of carbonyl (C=O) groups is 1. The summed E-state index contributed by atoms with van der Waals surface area (Å²) in [6.45, 7) is 3.51. The summed E-state index contributed by atoms with van der Waals surface area (Å²) in [4.78, 5) is 16.7. The third kappa shape index (κ3) is 2.64. The van der Waals surface area contributed by atoms with Crippen molar-refractivity contribution in [2.45, 2.75) is 20.3 Å². The molecule has 0 radical (unpaired) electrons. The molecule has 2 heterocycles. The number of aromatic nitrogens is 2. The minimum absolute atomic E-state index is 0.00531. The molecule has 0 aliphatic carbocycles. The van der Waals surface area contributed by atoms with Crippen molar-refractivity contribution in [3.8, 4) is 17.0 Å². The molecule has 1 aromatic carbocycles. The molecule has 4 nitrogen and oxygen atoms in total. The van der Waals surface area contributed by atoms with E-state index in [1.165, 1.54) is 0 Å². The molecule has 0 fully saturated rings. The van der Waals surface area contributed by atoms with Crippen LogP contribution in [0, 0.1) is 0 Å². The van der Waals surface area contributed by atoms with Crippen molar-refractivity contribution >= 4 is 39.0 Å². The summed E-state index contributed by atoms with van der Waals surface area (Å²) >= 11 is 9.38. The first-order valence-electron chi connectivity index (χ1n) is 7.13. The molecule has 2 aromatic heterocycles. The minimum atomic E-state index is -0.0364. The number of rotatable bonds is 3. The van der Waals surface area contributed by atoms with E-state index >= 15 is 0 Å². The van der Waals surface area contributed by atoms with Crippen molar-refractivity contribution in [1.29, 1.82) is 0 Å². The molecule has 0 amide bonds. The maximum absolute atomic E-state index is 12.1. The summed E-state index contributed by atoms with van der Waals surface area (Å²) in [7, 11) is 0. The van der Waals surface area contributed by atoms with E-state index in [1.807, 2.05) is 29.5 Å². The summed E-state index contributed by atoms with van der Waals surface area (Å²) in [6, 6.07) is 9.09. The fourth-order valence-corrected chi connectivity index (χ4v) is 3.48. The second-order valence-electron chi connectivity index (χ2n) is 5.21. The van der Waals surface area contributed by atoms with Gasteiger partial charge in [0.25, 0.3) is 0 Å². The molecule has 0 unspecified atom stereocenters. The number of aromatic hydroxyl groups is 1. The Kier molecular flexibility index (Phi) is 4.17. The Bertz CT molecular complexity index is 911. The van der Waals surface area contributed by atoms with E-state index in [4.69, 9.17) is 11.6 Å². The number of halogens is 2. The first kappa shape index (κ1) is 16.0. The normalized spacial score (nSPS) is 11.1. The average Bonchev–Trinajstić information content (AvgIpc) is 2.90. The van der Waals surface area contributed by atoms with Crippen LogP contribution in [0.4, 0.5) is 0 Å². The molecule has 3 aromatic rings. The van der Waals surface area contributed by atoms with Crippen molar-refractivity contribution in [3.05, 3.63) is 51.2 Å². The number of phenols is 1. The van der Waals surface area contributed by atoms with E-state index in [-0.39, 0.29) is 16.6 Å². The van der Waals surface area contributed by atoms with E-state index < -0.39 is 0 Å². The lowest BCUT2D eigenvalue weighted by Gasteiger charge is -2.10. The fourth-order valence-electron chi connectivity index (χ4n) is 2.69. The van der Waals surface area contributed by atoms with Crippen LogP contribution in [0.1, 0.15) is 30.0 Å². The van der Waals surface area contributed by atoms with Gasteiger partial charge in [-0.1, -0.05) is 24.6 Å². The molecule has 0 atom stereocenters. The number of phenolic OH excluding ortho intramolecular Hbond substituents is 1. The quantitative estimate of drug-likeness (QED) is 0.645. The molecule has 0 aliphatic heterocycles. The third-order valence-electron chi connectivity index (χ3n) is 3.70. The Balaban J connectivity index is 2.38. The molecule has 0 saturated carbocycles. The minimum Gasteiger partial charge on any atom is -0.505 e. The van der Waals surface area contributed by atoms with Crippen LogP contribution in [0.3, 0.4) is 0 Å². The Labute approximate surface area is 146 Å². The van der Waals surface area contributed by atoms with Gasteiger partial charge in [-0.15, -0.1) is 0 Å². The lowest BCUT2D eigenvalue weighted by Crippen LogP contribution is -2.04. The molecule has 6 heteroatoms. The van der Waals surface area contributed by atoms with Crippen LogP contribution in [-0.2, 0) is 6.42 Å². The van der Waals surface area contributed by atoms with Crippen molar-refractivity contribution in [2.24, 2.45) is 0 Å². The molecule has 0 bridgehead atoms. The van der Waals surface area contributed by atoms with Gasteiger partial charge in [0.2, 0.25) is 0 Å². The second kappa shape index (κ2) is 5.98. The molecular weight excluding hydrogens is 380 g/mol. The van der Waals surface area contributed by atoms with Crippen molar-refractivity contribution in [3.63, 3.8) is 0 Å². The fraction of sp³-hybridized carbons (Fsp3) is 0.176. The number of Topliss-reactive ketones (excluding diaryl/α,β-unsaturated/α-hetero) is 1. The first-order valence-corrected chi connectivity index (χ1v) is 8.30.